The molecule has 0 spiro atoms. The van der Waals surface area contributed by atoms with Crippen LogP contribution in [0, 0.1) is 0 Å². The third-order valence-electron chi connectivity index (χ3n) is 6.79. The van der Waals surface area contributed by atoms with Crippen molar-refractivity contribution in [1.82, 2.24) is 14.5 Å². The van der Waals surface area contributed by atoms with E-state index >= 15 is 0 Å². The molecule has 2 fully saturated rings. The molecule has 0 saturated carbocycles. The summed E-state index contributed by atoms with van der Waals surface area (Å²) in [5.41, 5.74) is 0.508. The van der Waals surface area contributed by atoms with E-state index in [-0.39, 0.29) is 29.0 Å². The molecule has 10 heteroatoms. The number of thioether (sulfide) groups is 1. The van der Waals surface area contributed by atoms with Crippen LogP contribution in [0.3, 0.4) is 0 Å². The van der Waals surface area contributed by atoms with Crippen molar-refractivity contribution in [3.05, 3.63) is 18.2 Å². The van der Waals surface area contributed by atoms with Gasteiger partial charge in [0.2, 0.25) is 21.8 Å². The second-order valence-corrected chi connectivity index (χ2v) is 12.0. The van der Waals surface area contributed by atoms with Crippen LogP contribution in [0.2, 0.25) is 0 Å². The van der Waals surface area contributed by atoms with E-state index in [9.17, 15) is 18.0 Å². The van der Waals surface area contributed by atoms with E-state index in [4.69, 9.17) is 0 Å². The summed E-state index contributed by atoms with van der Waals surface area (Å²) in [5.74, 6) is -0.168. The van der Waals surface area contributed by atoms with Crippen molar-refractivity contribution in [3.63, 3.8) is 0 Å². The number of fused-ring (bicyclic) bond motifs is 1. The number of likely N-dealkylation sites (tertiary alicyclic amines) is 1. The van der Waals surface area contributed by atoms with E-state index in [1.807, 2.05) is 0 Å². The zero-order valence-corrected chi connectivity index (χ0v) is 20.9. The van der Waals surface area contributed by atoms with E-state index in [2.05, 4.69) is 17.1 Å². The summed E-state index contributed by atoms with van der Waals surface area (Å²) in [7, 11) is -3.62. The third kappa shape index (κ3) is 5.72. The highest BCUT2D eigenvalue weighted by molar-refractivity contribution is 8.00. The van der Waals surface area contributed by atoms with Crippen molar-refractivity contribution in [2.24, 2.45) is 0 Å². The maximum Gasteiger partial charge on any atom is 0.243 e. The van der Waals surface area contributed by atoms with Crippen molar-refractivity contribution in [2.45, 2.75) is 61.3 Å². The minimum atomic E-state index is -3.62. The van der Waals surface area contributed by atoms with Crippen molar-refractivity contribution < 1.29 is 18.0 Å². The van der Waals surface area contributed by atoms with Gasteiger partial charge < -0.3 is 10.2 Å². The molecule has 2 saturated heterocycles. The largest absolute Gasteiger partial charge is 0.353 e. The predicted molar refractivity (Wildman–Crippen MR) is 130 cm³/mol. The molecule has 2 amide bonds. The van der Waals surface area contributed by atoms with E-state index in [0.717, 1.165) is 37.2 Å². The first kappa shape index (κ1) is 24.5. The first-order chi connectivity index (χ1) is 15.9. The monoisotopic (exact) mass is 494 g/mol. The summed E-state index contributed by atoms with van der Waals surface area (Å²) < 4.78 is 27.8. The molecule has 0 unspecified atom stereocenters. The van der Waals surface area contributed by atoms with Crippen LogP contribution in [0.4, 0.5) is 5.69 Å². The Kier molecular flexibility index (Phi) is 7.99. The van der Waals surface area contributed by atoms with Crippen LogP contribution in [0.1, 0.15) is 45.4 Å². The number of nitrogens with zero attached hydrogens (tertiary/aromatic N) is 3. The SMILES string of the molecule is C[C@H]1CCCCN1CCNC(=O)CN1C(=O)CSc2ccc(S(=O)(=O)N3CCCCC3)cc21. The fraction of sp³-hybridized carbons (Fsp3) is 0.652. The molecular formula is C23H34N4O4S2. The van der Waals surface area contributed by atoms with Crippen LogP contribution >= 0.6 is 11.8 Å². The molecule has 1 N–H and O–H groups in total. The number of rotatable bonds is 7. The van der Waals surface area contributed by atoms with Gasteiger partial charge in [-0.15, -0.1) is 11.8 Å². The lowest BCUT2D eigenvalue weighted by molar-refractivity contribution is -0.123. The number of sulfonamides is 1. The van der Waals surface area contributed by atoms with Gasteiger partial charge in [-0.05, 0) is 57.4 Å². The summed E-state index contributed by atoms with van der Waals surface area (Å²) in [6.07, 6.45) is 6.40. The highest BCUT2D eigenvalue weighted by Gasteiger charge is 2.31. The zero-order valence-electron chi connectivity index (χ0n) is 19.3. The first-order valence-corrected chi connectivity index (χ1v) is 14.4. The van der Waals surface area contributed by atoms with Crippen LogP contribution in [-0.2, 0) is 19.6 Å². The molecule has 0 aromatic heterocycles. The van der Waals surface area contributed by atoms with Crippen molar-refractivity contribution in [2.75, 3.05) is 49.9 Å². The van der Waals surface area contributed by atoms with Gasteiger partial charge in [-0.3, -0.25) is 14.5 Å². The van der Waals surface area contributed by atoms with E-state index in [1.54, 1.807) is 18.2 Å². The molecule has 3 aliphatic heterocycles. The van der Waals surface area contributed by atoms with Gasteiger partial charge in [-0.25, -0.2) is 8.42 Å². The fourth-order valence-corrected chi connectivity index (χ4v) is 7.25. The predicted octanol–water partition coefficient (Wildman–Crippen LogP) is 2.29. The average molecular weight is 495 g/mol. The Hall–Kier alpha value is -1.62. The van der Waals surface area contributed by atoms with Gasteiger partial charge in [0.15, 0.2) is 0 Å². The molecule has 1 aromatic rings. The Morgan fingerprint density at radius 1 is 1.12 bits per heavy atom. The normalized spacial score (nSPS) is 22.8. The Balaban J connectivity index is 1.43. The number of hydrogen-bond acceptors (Lipinski definition) is 6. The van der Waals surface area contributed by atoms with Crippen molar-refractivity contribution >= 4 is 39.3 Å². The smallest absolute Gasteiger partial charge is 0.243 e. The van der Waals surface area contributed by atoms with Crippen molar-refractivity contribution in [3.8, 4) is 0 Å². The second kappa shape index (κ2) is 10.8. The molecule has 0 aliphatic carbocycles. The van der Waals surface area contributed by atoms with Gasteiger partial charge in [0.25, 0.3) is 0 Å². The number of carbonyl (C=O) groups excluding carboxylic acids is 2. The van der Waals surface area contributed by atoms with Crippen LogP contribution in [0.25, 0.3) is 0 Å². The summed E-state index contributed by atoms with van der Waals surface area (Å²) in [6.45, 7) is 5.55. The van der Waals surface area contributed by atoms with Gasteiger partial charge >= 0.3 is 0 Å². The van der Waals surface area contributed by atoms with Gasteiger partial charge in [-0.2, -0.15) is 4.31 Å². The van der Waals surface area contributed by atoms with Crippen molar-refractivity contribution in [1.29, 1.82) is 0 Å². The molecule has 4 rings (SSSR count). The first-order valence-electron chi connectivity index (χ1n) is 11.9. The Labute approximate surface area is 201 Å². The lowest BCUT2D eigenvalue weighted by atomic mass is 10.0. The molecule has 0 radical (unpaired) electrons. The number of benzene rings is 1. The van der Waals surface area contributed by atoms with Gasteiger partial charge in [0.1, 0.15) is 6.54 Å². The third-order valence-corrected chi connectivity index (χ3v) is 9.73. The Morgan fingerprint density at radius 2 is 1.88 bits per heavy atom. The quantitative estimate of drug-likeness (QED) is 0.626. The number of anilines is 1. The van der Waals surface area contributed by atoms with Gasteiger partial charge in [0, 0.05) is 37.1 Å². The average Bonchev–Trinajstić information content (AvgIpc) is 2.82. The summed E-state index contributed by atoms with van der Waals surface area (Å²) in [4.78, 5) is 30.2. The van der Waals surface area contributed by atoms with Crippen LogP contribution in [0.15, 0.2) is 28.0 Å². The lowest BCUT2D eigenvalue weighted by Gasteiger charge is -2.33. The fourth-order valence-electron chi connectivity index (χ4n) is 4.80. The standard InChI is InChI=1S/C23H34N4O4S2/c1-18-7-3-6-11-25(18)14-10-24-22(28)16-27-20-15-19(8-9-21(20)32-17-23(27)29)33(30,31)26-12-4-2-5-13-26/h8-9,15,18H,2-7,10-14,16-17H2,1H3,(H,24,28)/t18-/m0/s1. The number of hydrogen-bond donors (Lipinski definition) is 1. The number of nitrogens with one attached hydrogen (secondary N) is 1. The van der Waals surface area contributed by atoms with Crippen LogP contribution < -0.4 is 10.2 Å². The van der Waals surface area contributed by atoms with E-state index in [0.29, 0.717) is 31.4 Å². The van der Waals surface area contributed by atoms with Crippen LogP contribution in [-0.4, -0.2) is 80.5 Å². The maximum atomic E-state index is 13.1. The highest BCUT2D eigenvalue weighted by Crippen LogP contribution is 2.37. The number of amides is 2. The topological polar surface area (TPSA) is 90.0 Å². The van der Waals surface area contributed by atoms with Gasteiger partial charge in [-0.1, -0.05) is 12.8 Å². The maximum absolute atomic E-state index is 13.1. The highest BCUT2D eigenvalue weighted by atomic mass is 32.2. The molecular weight excluding hydrogens is 460 g/mol. The molecule has 8 nitrogen and oxygen atoms in total. The Bertz CT molecular complexity index is 979. The summed E-state index contributed by atoms with van der Waals surface area (Å²) >= 11 is 1.38. The van der Waals surface area contributed by atoms with Crippen LogP contribution in [0.5, 0.6) is 0 Å². The molecule has 1 aromatic carbocycles. The zero-order chi connectivity index (χ0) is 23.4. The minimum absolute atomic E-state index is 0.102. The van der Waals surface area contributed by atoms with E-state index < -0.39 is 10.0 Å². The lowest BCUT2D eigenvalue weighted by Crippen LogP contribution is -2.46. The molecule has 0 bridgehead atoms. The van der Waals surface area contributed by atoms with E-state index in [1.165, 1.54) is 40.2 Å². The minimum Gasteiger partial charge on any atom is -0.353 e. The molecule has 182 valence electrons. The number of carbonyl (C=O) groups is 2. The molecule has 33 heavy (non-hydrogen) atoms. The second-order valence-electron chi connectivity index (χ2n) is 9.09. The molecule has 3 aliphatic rings. The Morgan fingerprint density at radius 3 is 2.64 bits per heavy atom. The molecule has 1 atom stereocenters. The number of piperidine rings is 2. The summed E-state index contributed by atoms with van der Waals surface area (Å²) in [6, 6.07) is 5.46. The molecule has 3 heterocycles. The van der Waals surface area contributed by atoms with Gasteiger partial charge in [0.05, 0.1) is 16.3 Å². The summed E-state index contributed by atoms with van der Waals surface area (Å²) in [5, 5.41) is 2.94.